The molecule has 0 aliphatic rings. The minimum absolute atomic E-state index is 0.245. The standard InChI is InChI=1S/C18H18N2O2/c1-22-17-11-5-9-16(13-17)14-20-18(21)19-12-6-10-15-7-3-2-4-8-15/h2-5,7-9,11,13H,12,14H2,1H3,(H2,19,20,21). The van der Waals surface area contributed by atoms with Gasteiger partial charge in [0.2, 0.25) is 0 Å². The summed E-state index contributed by atoms with van der Waals surface area (Å²) in [5.41, 5.74) is 1.91. The van der Waals surface area contributed by atoms with E-state index in [4.69, 9.17) is 4.74 Å². The van der Waals surface area contributed by atoms with E-state index >= 15 is 0 Å². The zero-order chi connectivity index (χ0) is 15.6. The first kappa shape index (κ1) is 15.5. The molecule has 0 spiro atoms. The van der Waals surface area contributed by atoms with Crippen LogP contribution >= 0.6 is 0 Å². The van der Waals surface area contributed by atoms with E-state index in [1.807, 2.05) is 54.6 Å². The van der Waals surface area contributed by atoms with Crippen molar-refractivity contribution in [3.8, 4) is 17.6 Å². The second-order valence-corrected chi connectivity index (χ2v) is 4.56. The molecule has 4 nitrogen and oxygen atoms in total. The van der Waals surface area contributed by atoms with Gasteiger partial charge in [0.15, 0.2) is 0 Å². The maximum Gasteiger partial charge on any atom is 0.315 e. The topological polar surface area (TPSA) is 50.4 Å². The Balaban J connectivity index is 1.73. The van der Waals surface area contributed by atoms with Crippen molar-refractivity contribution < 1.29 is 9.53 Å². The molecule has 22 heavy (non-hydrogen) atoms. The molecule has 4 heteroatoms. The molecule has 0 aliphatic carbocycles. The van der Waals surface area contributed by atoms with Crippen LogP contribution in [-0.2, 0) is 6.54 Å². The summed E-state index contributed by atoms with van der Waals surface area (Å²) < 4.78 is 5.14. The highest BCUT2D eigenvalue weighted by atomic mass is 16.5. The first-order valence-electron chi connectivity index (χ1n) is 6.96. The van der Waals surface area contributed by atoms with Crippen LogP contribution in [-0.4, -0.2) is 19.7 Å². The van der Waals surface area contributed by atoms with Gasteiger partial charge in [-0.3, -0.25) is 0 Å². The summed E-state index contributed by atoms with van der Waals surface area (Å²) in [6, 6.07) is 17.0. The number of hydrogen-bond acceptors (Lipinski definition) is 2. The third-order valence-corrected chi connectivity index (χ3v) is 2.93. The minimum atomic E-state index is -0.245. The number of amides is 2. The molecule has 0 saturated heterocycles. The molecule has 0 heterocycles. The average Bonchev–Trinajstić information content (AvgIpc) is 2.58. The number of nitrogens with one attached hydrogen (secondary N) is 2. The van der Waals surface area contributed by atoms with Crippen LogP contribution < -0.4 is 15.4 Å². The van der Waals surface area contributed by atoms with Gasteiger partial charge in [0, 0.05) is 12.1 Å². The van der Waals surface area contributed by atoms with Gasteiger partial charge in [0.1, 0.15) is 5.75 Å². The number of hydrogen-bond donors (Lipinski definition) is 2. The molecule has 0 bridgehead atoms. The van der Waals surface area contributed by atoms with E-state index in [-0.39, 0.29) is 6.03 Å². The van der Waals surface area contributed by atoms with Crippen LogP contribution in [0.2, 0.25) is 0 Å². The van der Waals surface area contributed by atoms with Gasteiger partial charge >= 0.3 is 6.03 Å². The summed E-state index contributed by atoms with van der Waals surface area (Å²) in [5.74, 6) is 6.66. The van der Waals surface area contributed by atoms with Gasteiger partial charge in [-0.1, -0.05) is 42.2 Å². The lowest BCUT2D eigenvalue weighted by molar-refractivity contribution is 0.241. The van der Waals surface area contributed by atoms with Crippen LogP contribution in [0.15, 0.2) is 54.6 Å². The molecule has 0 fully saturated rings. The van der Waals surface area contributed by atoms with Crippen molar-refractivity contribution in [2.45, 2.75) is 6.54 Å². The van der Waals surface area contributed by atoms with E-state index < -0.39 is 0 Å². The van der Waals surface area contributed by atoms with E-state index in [9.17, 15) is 4.79 Å². The van der Waals surface area contributed by atoms with Gasteiger partial charge < -0.3 is 15.4 Å². The molecule has 2 amide bonds. The van der Waals surface area contributed by atoms with Crippen LogP contribution in [0.5, 0.6) is 5.75 Å². The molecule has 0 aliphatic heterocycles. The Morgan fingerprint density at radius 3 is 2.68 bits per heavy atom. The van der Waals surface area contributed by atoms with Gasteiger partial charge in [-0.2, -0.15) is 0 Å². The number of urea groups is 1. The molecule has 2 aromatic rings. The van der Waals surface area contributed by atoms with E-state index in [0.29, 0.717) is 13.1 Å². The Morgan fingerprint density at radius 2 is 1.91 bits per heavy atom. The van der Waals surface area contributed by atoms with E-state index in [1.54, 1.807) is 7.11 Å². The van der Waals surface area contributed by atoms with Crippen molar-refractivity contribution in [3.63, 3.8) is 0 Å². The Bertz CT molecular complexity index is 672. The van der Waals surface area contributed by atoms with Crippen LogP contribution in [0.3, 0.4) is 0 Å². The summed E-state index contributed by atoms with van der Waals surface area (Å²) in [7, 11) is 1.62. The molecule has 0 unspecified atom stereocenters. The second-order valence-electron chi connectivity index (χ2n) is 4.56. The number of methoxy groups -OCH3 is 1. The number of rotatable bonds is 4. The van der Waals surface area contributed by atoms with Gasteiger partial charge in [-0.05, 0) is 29.8 Å². The van der Waals surface area contributed by atoms with Crippen molar-refractivity contribution in [2.75, 3.05) is 13.7 Å². The maximum absolute atomic E-state index is 11.7. The number of benzene rings is 2. The van der Waals surface area contributed by atoms with Gasteiger partial charge in [0.25, 0.3) is 0 Å². The smallest absolute Gasteiger partial charge is 0.315 e. The minimum Gasteiger partial charge on any atom is -0.497 e. The van der Waals surface area contributed by atoms with Crippen LogP contribution in [0.1, 0.15) is 11.1 Å². The first-order chi connectivity index (χ1) is 10.8. The molecule has 112 valence electrons. The van der Waals surface area contributed by atoms with Crippen molar-refractivity contribution in [1.29, 1.82) is 0 Å². The Morgan fingerprint density at radius 1 is 1.09 bits per heavy atom. The highest BCUT2D eigenvalue weighted by molar-refractivity contribution is 5.74. The normalized spacial score (nSPS) is 9.32. The van der Waals surface area contributed by atoms with Crippen molar-refractivity contribution >= 4 is 6.03 Å². The molecule has 0 aromatic heterocycles. The lowest BCUT2D eigenvalue weighted by Gasteiger charge is -2.07. The van der Waals surface area contributed by atoms with E-state index in [0.717, 1.165) is 16.9 Å². The third kappa shape index (κ3) is 5.22. The Kier molecular flexibility index (Phi) is 5.89. The van der Waals surface area contributed by atoms with Gasteiger partial charge in [0.05, 0.1) is 13.7 Å². The van der Waals surface area contributed by atoms with Crippen molar-refractivity contribution in [3.05, 3.63) is 65.7 Å². The fourth-order valence-electron chi connectivity index (χ4n) is 1.82. The van der Waals surface area contributed by atoms with E-state index in [2.05, 4.69) is 22.5 Å². The fourth-order valence-corrected chi connectivity index (χ4v) is 1.82. The lowest BCUT2D eigenvalue weighted by Crippen LogP contribution is -2.35. The fraction of sp³-hybridized carbons (Fsp3) is 0.167. The molecule has 2 aromatic carbocycles. The van der Waals surface area contributed by atoms with Crippen molar-refractivity contribution in [2.24, 2.45) is 0 Å². The number of carbonyl (C=O) groups excluding carboxylic acids is 1. The van der Waals surface area contributed by atoms with Crippen LogP contribution in [0.4, 0.5) is 4.79 Å². The Hall–Kier alpha value is -2.93. The molecular formula is C18H18N2O2. The second kappa shape index (κ2) is 8.38. The summed E-state index contributed by atoms with van der Waals surface area (Å²) in [6.45, 7) is 0.744. The zero-order valence-electron chi connectivity index (χ0n) is 12.4. The summed E-state index contributed by atoms with van der Waals surface area (Å²) in [6.07, 6.45) is 0. The predicted molar refractivity (Wildman–Crippen MR) is 86.6 cm³/mol. The molecule has 0 atom stereocenters. The number of ether oxygens (including phenoxy) is 1. The summed E-state index contributed by atoms with van der Waals surface area (Å²) in [5, 5.41) is 5.47. The van der Waals surface area contributed by atoms with Crippen LogP contribution in [0, 0.1) is 11.8 Å². The number of carbonyl (C=O) groups is 1. The lowest BCUT2D eigenvalue weighted by atomic mass is 10.2. The van der Waals surface area contributed by atoms with E-state index in [1.165, 1.54) is 0 Å². The third-order valence-electron chi connectivity index (χ3n) is 2.93. The first-order valence-corrected chi connectivity index (χ1v) is 6.96. The monoisotopic (exact) mass is 294 g/mol. The summed E-state index contributed by atoms with van der Waals surface area (Å²) >= 11 is 0. The van der Waals surface area contributed by atoms with Gasteiger partial charge in [-0.15, -0.1) is 0 Å². The average molecular weight is 294 g/mol. The van der Waals surface area contributed by atoms with Crippen molar-refractivity contribution in [1.82, 2.24) is 10.6 Å². The quantitative estimate of drug-likeness (QED) is 0.851. The molecule has 0 radical (unpaired) electrons. The zero-order valence-corrected chi connectivity index (χ0v) is 12.4. The van der Waals surface area contributed by atoms with Gasteiger partial charge in [-0.25, -0.2) is 4.79 Å². The highest BCUT2D eigenvalue weighted by Gasteiger charge is 1.99. The summed E-state index contributed by atoms with van der Waals surface area (Å²) in [4.78, 5) is 11.7. The molecule has 2 N–H and O–H groups in total. The van der Waals surface area contributed by atoms with Crippen LogP contribution in [0.25, 0.3) is 0 Å². The predicted octanol–water partition coefficient (Wildman–Crippen LogP) is 2.55. The highest BCUT2D eigenvalue weighted by Crippen LogP contribution is 2.11. The molecule has 0 saturated carbocycles. The maximum atomic E-state index is 11.7. The Labute approximate surface area is 130 Å². The largest absolute Gasteiger partial charge is 0.497 e. The SMILES string of the molecule is COc1cccc(CNC(=O)NCC#Cc2ccccc2)c1. The molecular weight excluding hydrogens is 276 g/mol. The molecule has 2 rings (SSSR count).